The van der Waals surface area contributed by atoms with Crippen molar-refractivity contribution >= 4 is 11.8 Å². The zero-order valence-electron chi connectivity index (χ0n) is 14.3. The van der Waals surface area contributed by atoms with Crippen molar-refractivity contribution in [2.75, 3.05) is 26.2 Å². The summed E-state index contributed by atoms with van der Waals surface area (Å²) in [5, 5.41) is 3.01. The third-order valence-electron chi connectivity index (χ3n) is 4.98. The van der Waals surface area contributed by atoms with E-state index in [0.717, 1.165) is 43.4 Å². The van der Waals surface area contributed by atoms with Gasteiger partial charge in [0.1, 0.15) is 0 Å². The van der Waals surface area contributed by atoms with Crippen molar-refractivity contribution < 1.29 is 14.3 Å². The van der Waals surface area contributed by atoms with E-state index >= 15 is 0 Å². The van der Waals surface area contributed by atoms with Crippen LogP contribution in [-0.4, -0.2) is 49.1 Å². The second-order valence-electron chi connectivity index (χ2n) is 6.81. The van der Waals surface area contributed by atoms with Crippen LogP contribution in [0.25, 0.3) is 0 Å². The molecule has 2 aliphatic rings. The summed E-state index contributed by atoms with van der Waals surface area (Å²) in [6.45, 7) is 4.71. The number of likely N-dealkylation sites (tertiary alicyclic amines) is 1. The van der Waals surface area contributed by atoms with Gasteiger partial charge in [-0.05, 0) is 44.7 Å². The molecule has 0 bridgehead atoms. The van der Waals surface area contributed by atoms with Crippen LogP contribution in [0.5, 0.6) is 0 Å². The van der Waals surface area contributed by atoms with Gasteiger partial charge in [-0.15, -0.1) is 0 Å². The van der Waals surface area contributed by atoms with E-state index in [2.05, 4.69) is 5.32 Å². The molecule has 1 aromatic rings. The number of hydrogen-bond donors (Lipinski definition) is 1. The monoisotopic (exact) mass is 330 g/mol. The third-order valence-corrected chi connectivity index (χ3v) is 4.98. The summed E-state index contributed by atoms with van der Waals surface area (Å²) in [5.74, 6) is 0.176. The number of aryl methyl sites for hydroxylation is 1. The molecule has 0 radical (unpaired) electrons. The van der Waals surface area contributed by atoms with Gasteiger partial charge in [-0.1, -0.05) is 17.7 Å². The number of carbonyl (C=O) groups excluding carboxylic acids is 2. The molecule has 1 aromatic carbocycles. The van der Waals surface area contributed by atoms with E-state index in [1.165, 1.54) is 0 Å². The summed E-state index contributed by atoms with van der Waals surface area (Å²) in [6, 6.07) is 7.66. The molecule has 2 aliphatic heterocycles. The molecule has 0 aromatic heterocycles. The maximum absolute atomic E-state index is 12.5. The smallest absolute Gasteiger partial charge is 0.253 e. The molecule has 2 amide bonds. The maximum Gasteiger partial charge on any atom is 0.253 e. The second kappa shape index (κ2) is 7.79. The normalized spacial score (nSPS) is 21.7. The zero-order valence-corrected chi connectivity index (χ0v) is 14.3. The Balaban J connectivity index is 1.45. The van der Waals surface area contributed by atoms with E-state index in [0.29, 0.717) is 19.6 Å². The molecule has 5 nitrogen and oxygen atoms in total. The Morgan fingerprint density at radius 2 is 1.88 bits per heavy atom. The average molecular weight is 330 g/mol. The van der Waals surface area contributed by atoms with Crippen LogP contribution in [0.3, 0.4) is 0 Å². The first-order valence-corrected chi connectivity index (χ1v) is 8.89. The highest BCUT2D eigenvalue weighted by molar-refractivity contribution is 5.94. The molecule has 2 saturated heterocycles. The highest BCUT2D eigenvalue weighted by atomic mass is 16.5. The summed E-state index contributed by atoms with van der Waals surface area (Å²) in [5.41, 5.74) is 1.87. The predicted octanol–water partition coefficient (Wildman–Crippen LogP) is 2.14. The highest BCUT2D eigenvalue weighted by Gasteiger charge is 2.28. The van der Waals surface area contributed by atoms with Crippen molar-refractivity contribution in [2.24, 2.45) is 5.92 Å². The number of carbonyl (C=O) groups is 2. The highest BCUT2D eigenvalue weighted by Crippen LogP contribution is 2.20. The standard InChI is InChI=1S/C19H26N2O3/c1-14-4-6-16(7-5-14)19(23)21-10-8-15(9-11-21)18(22)20-13-17-3-2-12-24-17/h4-7,15,17H,2-3,8-13H2,1H3,(H,20,22)/t17-/m1/s1. The Bertz CT molecular complexity index is 571. The third kappa shape index (κ3) is 4.15. The van der Waals surface area contributed by atoms with E-state index in [-0.39, 0.29) is 23.8 Å². The molecule has 1 atom stereocenters. The van der Waals surface area contributed by atoms with Crippen LogP contribution in [0, 0.1) is 12.8 Å². The minimum Gasteiger partial charge on any atom is -0.376 e. The van der Waals surface area contributed by atoms with E-state index in [1.807, 2.05) is 36.1 Å². The maximum atomic E-state index is 12.5. The Hall–Kier alpha value is -1.88. The molecule has 3 rings (SSSR count). The lowest BCUT2D eigenvalue weighted by Gasteiger charge is -2.31. The molecule has 0 unspecified atom stereocenters. The van der Waals surface area contributed by atoms with Gasteiger partial charge in [-0.2, -0.15) is 0 Å². The van der Waals surface area contributed by atoms with Gasteiger partial charge in [0, 0.05) is 37.7 Å². The Morgan fingerprint density at radius 3 is 2.50 bits per heavy atom. The van der Waals surface area contributed by atoms with Gasteiger partial charge >= 0.3 is 0 Å². The lowest BCUT2D eigenvalue weighted by Crippen LogP contribution is -2.44. The van der Waals surface area contributed by atoms with Crippen LogP contribution in [0.1, 0.15) is 41.6 Å². The van der Waals surface area contributed by atoms with Gasteiger partial charge in [0.15, 0.2) is 0 Å². The lowest BCUT2D eigenvalue weighted by atomic mass is 9.95. The predicted molar refractivity (Wildman–Crippen MR) is 91.8 cm³/mol. The largest absolute Gasteiger partial charge is 0.376 e. The molecule has 130 valence electrons. The molecule has 2 fully saturated rings. The van der Waals surface area contributed by atoms with Crippen molar-refractivity contribution in [3.63, 3.8) is 0 Å². The van der Waals surface area contributed by atoms with Crippen molar-refractivity contribution in [3.8, 4) is 0 Å². The van der Waals surface area contributed by atoms with Gasteiger partial charge in [0.05, 0.1) is 6.10 Å². The summed E-state index contributed by atoms with van der Waals surface area (Å²) >= 11 is 0. The number of hydrogen-bond acceptors (Lipinski definition) is 3. The SMILES string of the molecule is Cc1ccc(C(=O)N2CCC(C(=O)NC[C@H]3CCCO3)CC2)cc1. The number of rotatable bonds is 4. The van der Waals surface area contributed by atoms with E-state index in [9.17, 15) is 9.59 Å². The summed E-state index contributed by atoms with van der Waals surface area (Å²) in [6.07, 6.45) is 3.76. The molecule has 2 heterocycles. The fourth-order valence-corrected chi connectivity index (χ4v) is 3.39. The van der Waals surface area contributed by atoms with E-state index in [4.69, 9.17) is 4.74 Å². The fourth-order valence-electron chi connectivity index (χ4n) is 3.39. The minimum atomic E-state index is 0.00784. The van der Waals surface area contributed by atoms with Gasteiger partial charge in [-0.3, -0.25) is 9.59 Å². The second-order valence-corrected chi connectivity index (χ2v) is 6.81. The fraction of sp³-hybridized carbons (Fsp3) is 0.579. The summed E-state index contributed by atoms with van der Waals surface area (Å²) < 4.78 is 5.53. The van der Waals surface area contributed by atoms with Crippen molar-refractivity contribution in [1.29, 1.82) is 0 Å². The molecular weight excluding hydrogens is 304 g/mol. The van der Waals surface area contributed by atoms with Crippen LogP contribution in [0.15, 0.2) is 24.3 Å². The molecule has 0 saturated carbocycles. The first kappa shape index (κ1) is 17.0. The molecule has 0 spiro atoms. The summed E-state index contributed by atoms with van der Waals surface area (Å²) in [7, 11) is 0. The number of benzene rings is 1. The first-order valence-electron chi connectivity index (χ1n) is 8.89. The first-order chi connectivity index (χ1) is 11.6. The van der Waals surface area contributed by atoms with Crippen LogP contribution in [-0.2, 0) is 9.53 Å². The molecule has 5 heteroatoms. The lowest BCUT2D eigenvalue weighted by molar-refractivity contribution is -0.126. The molecular formula is C19H26N2O3. The molecule has 0 aliphatic carbocycles. The quantitative estimate of drug-likeness (QED) is 0.920. The van der Waals surface area contributed by atoms with Crippen molar-refractivity contribution in [2.45, 2.75) is 38.7 Å². The average Bonchev–Trinajstić information content (AvgIpc) is 3.13. The van der Waals surface area contributed by atoms with Crippen LogP contribution in [0.2, 0.25) is 0 Å². The van der Waals surface area contributed by atoms with Gasteiger partial charge in [-0.25, -0.2) is 0 Å². The van der Waals surface area contributed by atoms with Crippen molar-refractivity contribution in [1.82, 2.24) is 10.2 Å². The topological polar surface area (TPSA) is 58.6 Å². The van der Waals surface area contributed by atoms with E-state index in [1.54, 1.807) is 0 Å². The van der Waals surface area contributed by atoms with Crippen LogP contribution >= 0.6 is 0 Å². The van der Waals surface area contributed by atoms with Gasteiger partial charge in [0.2, 0.25) is 5.91 Å². The van der Waals surface area contributed by atoms with Crippen LogP contribution < -0.4 is 5.32 Å². The van der Waals surface area contributed by atoms with Gasteiger partial charge in [0.25, 0.3) is 5.91 Å². The zero-order chi connectivity index (χ0) is 16.9. The number of nitrogens with one attached hydrogen (secondary N) is 1. The Morgan fingerprint density at radius 1 is 1.17 bits per heavy atom. The summed E-state index contributed by atoms with van der Waals surface area (Å²) in [4.78, 5) is 26.6. The van der Waals surface area contributed by atoms with Crippen molar-refractivity contribution in [3.05, 3.63) is 35.4 Å². The minimum absolute atomic E-state index is 0.00784. The number of nitrogens with zero attached hydrogens (tertiary/aromatic N) is 1. The van der Waals surface area contributed by atoms with E-state index < -0.39 is 0 Å². The molecule has 24 heavy (non-hydrogen) atoms. The Labute approximate surface area is 143 Å². The number of ether oxygens (including phenoxy) is 1. The number of amides is 2. The Kier molecular flexibility index (Phi) is 5.51. The molecule has 1 N–H and O–H groups in total. The van der Waals surface area contributed by atoms with Gasteiger partial charge < -0.3 is 15.0 Å². The number of piperidine rings is 1. The van der Waals surface area contributed by atoms with Crippen LogP contribution in [0.4, 0.5) is 0 Å².